The molecular formula is C22H26N4O. The van der Waals surface area contributed by atoms with Gasteiger partial charge >= 0.3 is 6.03 Å². The van der Waals surface area contributed by atoms with Crippen molar-refractivity contribution in [2.45, 2.75) is 41.2 Å². The maximum atomic E-state index is 12.4. The van der Waals surface area contributed by atoms with Crippen molar-refractivity contribution in [1.82, 2.24) is 9.78 Å². The highest BCUT2D eigenvalue weighted by atomic mass is 16.2. The van der Waals surface area contributed by atoms with Crippen LogP contribution in [0.15, 0.2) is 42.5 Å². The number of amides is 2. The number of nitrogens with zero attached hydrogens (tertiary/aromatic N) is 2. The van der Waals surface area contributed by atoms with Gasteiger partial charge in [-0.1, -0.05) is 35.9 Å². The van der Waals surface area contributed by atoms with Gasteiger partial charge in [-0.15, -0.1) is 0 Å². The fraction of sp³-hybridized carbons (Fsp3) is 0.273. The van der Waals surface area contributed by atoms with Crippen LogP contribution in [-0.4, -0.2) is 15.8 Å². The Morgan fingerprint density at radius 1 is 0.926 bits per heavy atom. The third-order valence-electron chi connectivity index (χ3n) is 4.84. The van der Waals surface area contributed by atoms with Crippen molar-refractivity contribution in [1.29, 1.82) is 0 Å². The van der Waals surface area contributed by atoms with E-state index in [4.69, 9.17) is 0 Å². The van der Waals surface area contributed by atoms with Gasteiger partial charge in [0.1, 0.15) is 0 Å². The molecule has 0 saturated heterocycles. The number of rotatable bonds is 4. The molecule has 0 aliphatic rings. The summed E-state index contributed by atoms with van der Waals surface area (Å²) >= 11 is 0. The zero-order valence-corrected chi connectivity index (χ0v) is 16.6. The molecule has 3 aromatic rings. The lowest BCUT2D eigenvalue weighted by Crippen LogP contribution is -2.20. The van der Waals surface area contributed by atoms with E-state index in [9.17, 15) is 4.79 Å². The Kier molecular flexibility index (Phi) is 5.31. The van der Waals surface area contributed by atoms with Crippen LogP contribution in [0.2, 0.25) is 0 Å². The Bertz CT molecular complexity index is 971. The van der Waals surface area contributed by atoms with E-state index in [1.54, 1.807) is 0 Å². The Balaban J connectivity index is 1.72. The van der Waals surface area contributed by atoms with Crippen molar-refractivity contribution in [3.63, 3.8) is 0 Å². The first-order valence-electron chi connectivity index (χ1n) is 9.08. The van der Waals surface area contributed by atoms with E-state index in [1.165, 1.54) is 16.7 Å². The monoisotopic (exact) mass is 362 g/mol. The number of hydrogen-bond donors (Lipinski definition) is 2. The minimum absolute atomic E-state index is 0.265. The van der Waals surface area contributed by atoms with Gasteiger partial charge in [0.05, 0.1) is 23.6 Å². The van der Waals surface area contributed by atoms with E-state index >= 15 is 0 Å². The van der Waals surface area contributed by atoms with Crippen molar-refractivity contribution in [3.8, 4) is 0 Å². The molecule has 2 N–H and O–H groups in total. The molecule has 2 amide bonds. The second kappa shape index (κ2) is 7.66. The predicted octanol–water partition coefficient (Wildman–Crippen LogP) is 5.12. The van der Waals surface area contributed by atoms with Crippen LogP contribution in [0.5, 0.6) is 0 Å². The zero-order valence-electron chi connectivity index (χ0n) is 16.6. The summed E-state index contributed by atoms with van der Waals surface area (Å²) in [7, 11) is 0. The maximum Gasteiger partial charge on any atom is 0.323 e. The summed E-state index contributed by atoms with van der Waals surface area (Å²) < 4.78 is 1.92. The maximum absolute atomic E-state index is 12.4. The van der Waals surface area contributed by atoms with Crippen LogP contribution in [0.1, 0.15) is 33.6 Å². The van der Waals surface area contributed by atoms with Crippen LogP contribution in [0.4, 0.5) is 16.2 Å². The first-order valence-corrected chi connectivity index (χ1v) is 9.08. The normalized spacial score (nSPS) is 10.7. The van der Waals surface area contributed by atoms with Gasteiger partial charge in [0.25, 0.3) is 0 Å². The average molecular weight is 362 g/mol. The van der Waals surface area contributed by atoms with Crippen LogP contribution in [0.25, 0.3) is 0 Å². The van der Waals surface area contributed by atoms with Gasteiger partial charge in [-0.25, -0.2) is 4.79 Å². The standard InChI is InChI=1S/C22H26N4O/c1-14-6-9-19(10-7-14)13-26-18(5)21(17(4)25-26)24-22(27)23-20-11-8-15(2)16(3)12-20/h6-12H,13H2,1-5H3,(H2,23,24,27). The summed E-state index contributed by atoms with van der Waals surface area (Å²) in [5.74, 6) is 0. The SMILES string of the molecule is Cc1ccc(Cn2nc(C)c(NC(=O)Nc3ccc(C)c(C)c3)c2C)cc1. The molecule has 0 unspecified atom stereocenters. The Hall–Kier alpha value is -3.08. The highest BCUT2D eigenvalue weighted by Gasteiger charge is 2.14. The largest absolute Gasteiger partial charge is 0.323 e. The molecule has 0 bridgehead atoms. The first-order chi connectivity index (χ1) is 12.8. The number of nitrogens with one attached hydrogen (secondary N) is 2. The molecule has 1 aromatic heterocycles. The highest BCUT2D eigenvalue weighted by Crippen LogP contribution is 2.21. The molecule has 0 spiro atoms. The molecule has 5 nitrogen and oxygen atoms in total. The van der Waals surface area contributed by atoms with Gasteiger partial charge in [-0.05, 0) is 63.4 Å². The third-order valence-corrected chi connectivity index (χ3v) is 4.84. The average Bonchev–Trinajstić information content (AvgIpc) is 2.87. The van der Waals surface area contributed by atoms with E-state index in [-0.39, 0.29) is 6.03 Å². The van der Waals surface area contributed by atoms with Gasteiger partial charge in [-0.3, -0.25) is 4.68 Å². The van der Waals surface area contributed by atoms with Crippen LogP contribution in [0, 0.1) is 34.6 Å². The number of urea groups is 1. The molecule has 1 heterocycles. The summed E-state index contributed by atoms with van der Waals surface area (Å²) in [4.78, 5) is 12.4. The number of hydrogen-bond acceptors (Lipinski definition) is 2. The van der Waals surface area contributed by atoms with Crippen molar-refractivity contribution in [3.05, 3.63) is 76.1 Å². The number of aryl methyl sites for hydroxylation is 4. The molecule has 0 fully saturated rings. The van der Waals surface area contributed by atoms with Crippen LogP contribution in [0.3, 0.4) is 0 Å². The molecule has 0 aliphatic heterocycles. The molecule has 0 radical (unpaired) electrons. The summed E-state index contributed by atoms with van der Waals surface area (Å²) in [6.45, 7) is 10.7. The van der Waals surface area contributed by atoms with Gasteiger partial charge in [-0.2, -0.15) is 5.10 Å². The molecule has 5 heteroatoms. The number of aromatic nitrogens is 2. The lowest BCUT2D eigenvalue weighted by molar-refractivity contribution is 0.262. The molecule has 0 aliphatic carbocycles. The Morgan fingerprint density at radius 2 is 1.63 bits per heavy atom. The smallest absolute Gasteiger partial charge is 0.308 e. The molecule has 140 valence electrons. The summed E-state index contributed by atoms with van der Waals surface area (Å²) in [6, 6.07) is 14.0. The number of carbonyl (C=O) groups excluding carboxylic acids is 1. The molecule has 2 aromatic carbocycles. The summed E-state index contributed by atoms with van der Waals surface area (Å²) in [5.41, 5.74) is 8.02. The second-order valence-electron chi connectivity index (χ2n) is 7.07. The van der Waals surface area contributed by atoms with Crippen LogP contribution in [-0.2, 0) is 6.54 Å². The molecule has 0 atom stereocenters. The highest BCUT2D eigenvalue weighted by molar-refractivity contribution is 6.00. The Morgan fingerprint density at radius 3 is 2.30 bits per heavy atom. The number of carbonyl (C=O) groups is 1. The van der Waals surface area contributed by atoms with Crippen molar-refractivity contribution in [2.75, 3.05) is 10.6 Å². The number of anilines is 2. The zero-order chi connectivity index (χ0) is 19.6. The van der Waals surface area contributed by atoms with Crippen molar-refractivity contribution < 1.29 is 4.79 Å². The van der Waals surface area contributed by atoms with Crippen LogP contribution < -0.4 is 10.6 Å². The second-order valence-corrected chi connectivity index (χ2v) is 7.07. The van der Waals surface area contributed by atoms with Gasteiger partial charge in [0.2, 0.25) is 0 Å². The molecular weight excluding hydrogens is 336 g/mol. The van der Waals surface area contributed by atoms with Crippen LogP contribution >= 0.6 is 0 Å². The summed E-state index contributed by atoms with van der Waals surface area (Å²) in [5, 5.41) is 10.4. The van der Waals surface area contributed by atoms with Gasteiger partial charge in [0.15, 0.2) is 0 Å². The van der Waals surface area contributed by atoms with Gasteiger partial charge in [0, 0.05) is 5.69 Å². The van der Waals surface area contributed by atoms with Crippen molar-refractivity contribution >= 4 is 17.4 Å². The fourth-order valence-corrected chi connectivity index (χ4v) is 2.99. The quantitative estimate of drug-likeness (QED) is 0.677. The van der Waals surface area contributed by atoms with E-state index in [0.717, 1.165) is 28.3 Å². The third kappa shape index (κ3) is 4.37. The minimum atomic E-state index is -0.265. The molecule has 3 rings (SSSR count). The minimum Gasteiger partial charge on any atom is -0.308 e. The topological polar surface area (TPSA) is 59.0 Å². The Labute approximate surface area is 160 Å². The van der Waals surface area contributed by atoms with Crippen molar-refractivity contribution in [2.24, 2.45) is 0 Å². The summed E-state index contributed by atoms with van der Waals surface area (Å²) in [6.07, 6.45) is 0. The first kappa shape index (κ1) is 18.7. The van der Waals surface area contributed by atoms with E-state index in [0.29, 0.717) is 6.54 Å². The van der Waals surface area contributed by atoms with E-state index in [1.807, 2.05) is 50.6 Å². The lowest BCUT2D eigenvalue weighted by atomic mass is 10.1. The fourth-order valence-electron chi connectivity index (χ4n) is 2.99. The number of benzene rings is 2. The van der Waals surface area contributed by atoms with E-state index < -0.39 is 0 Å². The molecule has 27 heavy (non-hydrogen) atoms. The van der Waals surface area contributed by atoms with E-state index in [2.05, 4.69) is 46.9 Å². The van der Waals surface area contributed by atoms with Gasteiger partial charge < -0.3 is 10.6 Å². The lowest BCUT2D eigenvalue weighted by Gasteiger charge is -2.10. The molecule has 0 saturated carbocycles. The predicted molar refractivity (Wildman–Crippen MR) is 111 cm³/mol.